The number of benzene rings is 3. The Bertz CT molecular complexity index is 1330. The maximum Gasteiger partial charge on any atom is 0.416 e. The van der Waals surface area contributed by atoms with Crippen LogP contribution in [0.15, 0.2) is 72.8 Å². The monoisotopic (exact) mass is 565 g/mol. The van der Waals surface area contributed by atoms with Crippen molar-refractivity contribution < 1.29 is 27.5 Å². The second kappa shape index (κ2) is 12.8. The molecule has 1 unspecified atom stereocenters. The molecule has 0 aliphatic carbocycles. The lowest BCUT2D eigenvalue weighted by atomic mass is 9.89. The third-order valence-corrected chi connectivity index (χ3v) is 7.81. The fourth-order valence-electron chi connectivity index (χ4n) is 5.52. The summed E-state index contributed by atoms with van der Waals surface area (Å²) in [6.07, 6.45) is 0.390. The Morgan fingerprint density at radius 1 is 0.902 bits per heavy atom. The molecule has 1 atom stereocenters. The summed E-state index contributed by atoms with van der Waals surface area (Å²) in [5.74, 6) is -0.251. The number of halogens is 3. The first kappa shape index (κ1) is 28.7. The summed E-state index contributed by atoms with van der Waals surface area (Å²) >= 11 is 0. The zero-order chi connectivity index (χ0) is 28.8. The van der Waals surface area contributed by atoms with Crippen LogP contribution in [0.3, 0.4) is 0 Å². The summed E-state index contributed by atoms with van der Waals surface area (Å²) in [7, 11) is 0. The van der Waals surface area contributed by atoms with Gasteiger partial charge in [0, 0.05) is 43.2 Å². The van der Waals surface area contributed by atoms with Crippen LogP contribution in [0.1, 0.15) is 57.5 Å². The topological polar surface area (TPSA) is 70.7 Å². The second-order valence-corrected chi connectivity index (χ2v) is 10.7. The molecule has 2 amide bonds. The van der Waals surface area contributed by atoms with Crippen molar-refractivity contribution in [3.63, 3.8) is 0 Å². The Labute approximate surface area is 237 Å². The molecule has 2 saturated heterocycles. The number of nitrogens with zero attached hydrogens (tertiary/aromatic N) is 1. The van der Waals surface area contributed by atoms with Crippen LogP contribution in [0.2, 0.25) is 0 Å². The van der Waals surface area contributed by atoms with E-state index in [0.717, 1.165) is 75.1 Å². The molecule has 2 N–H and O–H groups in total. The van der Waals surface area contributed by atoms with Gasteiger partial charge < -0.3 is 20.3 Å². The highest BCUT2D eigenvalue weighted by molar-refractivity contribution is 6.06. The third kappa shape index (κ3) is 7.47. The predicted molar refractivity (Wildman–Crippen MR) is 152 cm³/mol. The normalized spacial score (nSPS) is 17.8. The number of carbonyl (C=O) groups is 2. The lowest BCUT2D eigenvalue weighted by molar-refractivity contribution is -0.137. The van der Waals surface area contributed by atoms with Gasteiger partial charge in [0.1, 0.15) is 0 Å². The summed E-state index contributed by atoms with van der Waals surface area (Å²) in [4.78, 5) is 28.4. The highest BCUT2D eigenvalue weighted by Crippen LogP contribution is 2.31. The number of amides is 2. The fraction of sp³-hybridized carbons (Fsp3) is 0.375. The molecule has 6 nitrogen and oxygen atoms in total. The number of hydrogen-bond acceptors (Lipinski definition) is 4. The number of anilines is 2. The molecule has 3 aromatic rings. The molecule has 2 aliphatic heterocycles. The van der Waals surface area contributed by atoms with Gasteiger partial charge in [0.05, 0.1) is 17.2 Å². The molecule has 0 bridgehead atoms. The van der Waals surface area contributed by atoms with Crippen LogP contribution in [0.5, 0.6) is 0 Å². The largest absolute Gasteiger partial charge is 0.416 e. The first-order chi connectivity index (χ1) is 19.8. The predicted octanol–water partition coefficient (Wildman–Crippen LogP) is 6.33. The van der Waals surface area contributed by atoms with Crippen molar-refractivity contribution in [1.29, 1.82) is 0 Å². The summed E-state index contributed by atoms with van der Waals surface area (Å²) < 4.78 is 44.4. The van der Waals surface area contributed by atoms with E-state index in [1.807, 2.05) is 12.1 Å². The van der Waals surface area contributed by atoms with Gasteiger partial charge in [-0.05, 0) is 86.1 Å². The van der Waals surface area contributed by atoms with E-state index in [1.54, 1.807) is 12.1 Å². The highest BCUT2D eigenvalue weighted by Gasteiger charge is 2.30. The van der Waals surface area contributed by atoms with Crippen molar-refractivity contribution in [1.82, 2.24) is 5.32 Å². The quantitative estimate of drug-likeness (QED) is 0.335. The molecular formula is C32H34F3N3O3. The van der Waals surface area contributed by atoms with Gasteiger partial charge >= 0.3 is 6.18 Å². The summed E-state index contributed by atoms with van der Waals surface area (Å²) in [5, 5.41) is 5.71. The molecule has 216 valence electrons. The first-order valence-electron chi connectivity index (χ1n) is 14.1. The van der Waals surface area contributed by atoms with E-state index in [-0.39, 0.29) is 17.6 Å². The van der Waals surface area contributed by atoms with E-state index < -0.39 is 17.6 Å². The first-order valence-corrected chi connectivity index (χ1v) is 14.1. The smallest absolute Gasteiger partial charge is 0.376 e. The zero-order valence-electron chi connectivity index (χ0n) is 22.8. The number of carbonyl (C=O) groups excluding carboxylic acids is 2. The lowest BCUT2D eigenvalue weighted by Gasteiger charge is -2.35. The summed E-state index contributed by atoms with van der Waals surface area (Å²) in [5.41, 5.74) is 2.21. The van der Waals surface area contributed by atoms with Gasteiger partial charge in [0.2, 0.25) is 0 Å². The molecule has 2 aliphatic rings. The molecule has 41 heavy (non-hydrogen) atoms. The number of ether oxygens (including phenoxy) is 1. The minimum absolute atomic E-state index is 0.0151. The SMILES string of the molecule is O=C(Nc1ccc(N2CCC(Cc3ccccc3)CC2)c(C(=O)NCC2CCCO2)c1)c1ccc(C(F)(F)F)cc1. The minimum Gasteiger partial charge on any atom is -0.376 e. The van der Waals surface area contributed by atoms with Gasteiger partial charge in [-0.2, -0.15) is 13.2 Å². The van der Waals surface area contributed by atoms with Crippen molar-refractivity contribution >= 4 is 23.2 Å². The minimum atomic E-state index is -4.48. The highest BCUT2D eigenvalue weighted by atomic mass is 19.4. The van der Waals surface area contributed by atoms with Crippen LogP contribution in [-0.4, -0.2) is 44.2 Å². The number of nitrogens with one attached hydrogen (secondary N) is 2. The Morgan fingerprint density at radius 2 is 1.63 bits per heavy atom. The van der Waals surface area contributed by atoms with Gasteiger partial charge in [-0.15, -0.1) is 0 Å². The number of rotatable bonds is 8. The third-order valence-electron chi connectivity index (χ3n) is 7.81. The maximum absolute atomic E-state index is 13.4. The molecule has 0 aromatic heterocycles. The molecular weight excluding hydrogens is 531 g/mol. The number of alkyl halides is 3. The summed E-state index contributed by atoms with van der Waals surface area (Å²) in [6.45, 7) is 2.70. The van der Waals surface area contributed by atoms with Crippen molar-refractivity contribution in [2.45, 2.75) is 44.4 Å². The van der Waals surface area contributed by atoms with Crippen LogP contribution < -0.4 is 15.5 Å². The van der Waals surface area contributed by atoms with E-state index in [9.17, 15) is 22.8 Å². The van der Waals surface area contributed by atoms with E-state index in [0.29, 0.717) is 30.3 Å². The second-order valence-electron chi connectivity index (χ2n) is 10.7. The van der Waals surface area contributed by atoms with Crippen LogP contribution in [0, 0.1) is 5.92 Å². The van der Waals surface area contributed by atoms with Gasteiger partial charge in [0.15, 0.2) is 0 Å². The molecule has 9 heteroatoms. The van der Waals surface area contributed by atoms with E-state index in [4.69, 9.17) is 4.74 Å². The van der Waals surface area contributed by atoms with Gasteiger partial charge in [0.25, 0.3) is 11.8 Å². The molecule has 5 rings (SSSR count). The lowest BCUT2D eigenvalue weighted by Crippen LogP contribution is -2.37. The van der Waals surface area contributed by atoms with Crippen LogP contribution in [0.4, 0.5) is 24.5 Å². The average Bonchev–Trinajstić information content (AvgIpc) is 3.50. The van der Waals surface area contributed by atoms with Crippen molar-refractivity contribution in [3.05, 3.63) is 95.1 Å². The number of piperidine rings is 1. The maximum atomic E-state index is 13.4. The van der Waals surface area contributed by atoms with Crippen LogP contribution in [0.25, 0.3) is 0 Å². The standard InChI is InChI=1S/C32H34F3N3O3/c33-32(34,35)25-10-8-24(9-11-25)30(39)37-26-12-13-29(28(20-26)31(40)36-21-27-7-4-18-41-27)38-16-14-23(15-17-38)19-22-5-2-1-3-6-22/h1-3,5-6,8-13,20,23,27H,4,7,14-19,21H2,(H,36,40)(H,37,39). The molecule has 2 heterocycles. The molecule has 0 saturated carbocycles. The molecule has 2 fully saturated rings. The van der Waals surface area contributed by atoms with Crippen molar-refractivity contribution in [2.24, 2.45) is 5.92 Å². The molecule has 0 spiro atoms. The molecule has 0 radical (unpaired) electrons. The van der Waals surface area contributed by atoms with Crippen LogP contribution in [-0.2, 0) is 17.3 Å². The van der Waals surface area contributed by atoms with Crippen molar-refractivity contribution in [2.75, 3.05) is 36.5 Å². The fourth-order valence-corrected chi connectivity index (χ4v) is 5.52. The van der Waals surface area contributed by atoms with Gasteiger partial charge in [-0.3, -0.25) is 9.59 Å². The number of hydrogen-bond donors (Lipinski definition) is 2. The Kier molecular flexibility index (Phi) is 8.93. The molecule has 3 aromatic carbocycles. The van der Waals surface area contributed by atoms with Gasteiger partial charge in [-0.1, -0.05) is 30.3 Å². The van der Waals surface area contributed by atoms with Gasteiger partial charge in [-0.25, -0.2) is 0 Å². The Balaban J connectivity index is 1.30. The Morgan fingerprint density at radius 3 is 2.29 bits per heavy atom. The average molecular weight is 566 g/mol. The van der Waals surface area contributed by atoms with E-state index in [1.165, 1.54) is 5.56 Å². The summed E-state index contributed by atoms with van der Waals surface area (Å²) in [6, 6.07) is 19.7. The van der Waals surface area contributed by atoms with E-state index >= 15 is 0 Å². The van der Waals surface area contributed by atoms with E-state index in [2.05, 4.69) is 39.8 Å². The van der Waals surface area contributed by atoms with Crippen LogP contribution >= 0.6 is 0 Å². The Hall–Kier alpha value is -3.85. The zero-order valence-corrected chi connectivity index (χ0v) is 22.8. The van der Waals surface area contributed by atoms with Crippen molar-refractivity contribution in [3.8, 4) is 0 Å².